The molecule has 1 aliphatic heterocycles. The lowest BCUT2D eigenvalue weighted by molar-refractivity contribution is 0.0546. The number of ether oxygens (including phenoxy) is 3. The van der Waals surface area contributed by atoms with Gasteiger partial charge in [-0.2, -0.15) is 0 Å². The summed E-state index contributed by atoms with van der Waals surface area (Å²) in [5.41, 5.74) is 6.33. The largest absolute Gasteiger partial charge is 0.490 e. The third kappa shape index (κ3) is 2.36. The van der Waals surface area contributed by atoms with Crippen molar-refractivity contribution in [2.45, 2.75) is 6.10 Å². The highest BCUT2D eigenvalue weighted by Crippen LogP contribution is 2.35. The highest BCUT2D eigenvalue weighted by molar-refractivity contribution is 7.08. The van der Waals surface area contributed by atoms with Crippen molar-refractivity contribution in [3.05, 3.63) is 35.0 Å². The van der Waals surface area contributed by atoms with E-state index in [2.05, 4.69) is 0 Å². The fraction of sp³-hybridized carbons (Fsp3) is 0.231. The number of benzene rings is 1. The van der Waals surface area contributed by atoms with Crippen LogP contribution >= 0.6 is 11.3 Å². The molecular formula is C13H13NO3S. The lowest BCUT2D eigenvalue weighted by Crippen LogP contribution is -2.34. The maximum absolute atomic E-state index is 5.75. The van der Waals surface area contributed by atoms with Gasteiger partial charge in [0.15, 0.2) is 17.6 Å². The van der Waals surface area contributed by atoms with Crippen molar-refractivity contribution in [3.63, 3.8) is 0 Å². The zero-order valence-electron chi connectivity index (χ0n) is 9.67. The first kappa shape index (κ1) is 11.2. The van der Waals surface area contributed by atoms with Gasteiger partial charge in [-0.1, -0.05) is 0 Å². The first-order valence-corrected chi connectivity index (χ1v) is 6.59. The molecule has 94 valence electrons. The van der Waals surface area contributed by atoms with Crippen molar-refractivity contribution in [2.24, 2.45) is 0 Å². The van der Waals surface area contributed by atoms with E-state index >= 15 is 0 Å². The molecule has 1 aliphatic rings. The predicted octanol–water partition coefficient (Wildman–Crippen LogP) is 2.55. The SMILES string of the molecule is Nc1ccc(OCC2COc3cscc3O2)cc1. The maximum Gasteiger partial charge on any atom is 0.172 e. The van der Waals surface area contributed by atoms with Crippen LogP contribution in [0.15, 0.2) is 35.0 Å². The lowest BCUT2D eigenvalue weighted by Gasteiger charge is -2.24. The summed E-state index contributed by atoms with van der Waals surface area (Å²) < 4.78 is 17.0. The van der Waals surface area contributed by atoms with E-state index in [4.69, 9.17) is 19.9 Å². The normalized spacial score (nSPS) is 17.4. The molecule has 0 spiro atoms. The summed E-state index contributed by atoms with van der Waals surface area (Å²) in [6.45, 7) is 0.970. The molecule has 1 atom stereocenters. The summed E-state index contributed by atoms with van der Waals surface area (Å²) in [5, 5.41) is 3.87. The Morgan fingerprint density at radius 2 is 2.00 bits per heavy atom. The van der Waals surface area contributed by atoms with Crippen LogP contribution in [0.5, 0.6) is 17.2 Å². The minimum Gasteiger partial charge on any atom is -0.490 e. The van der Waals surface area contributed by atoms with Crippen LogP contribution in [0.25, 0.3) is 0 Å². The molecular weight excluding hydrogens is 250 g/mol. The summed E-state index contributed by atoms with van der Waals surface area (Å²) in [6.07, 6.45) is -0.0790. The predicted molar refractivity (Wildman–Crippen MR) is 70.6 cm³/mol. The fourth-order valence-electron chi connectivity index (χ4n) is 1.70. The van der Waals surface area contributed by atoms with E-state index in [1.54, 1.807) is 11.3 Å². The van der Waals surface area contributed by atoms with Crippen molar-refractivity contribution in [2.75, 3.05) is 18.9 Å². The molecule has 0 saturated carbocycles. The summed E-state index contributed by atoms with van der Waals surface area (Å²) in [4.78, 5) is 0. The Kier molecular flexibility index (Phi) is 2.98. The molecule has 2 heterocycles. The van der Waals surface area contributed by atoms with Crippen molar-refractivity contribution < 1.29 is 14.2 Å². The van der Waals surface area contributed by atoms with Crippen LogP contribution < -0.4 is 19.9 Å². The van der Waals surface area contributed by atoms with Crippen molar-refractivity contribution in [3.8, 4) is 17.2 Å². The summed E-state index contributed by atoms with van der Waals surface area (Å²) in [5.74, 6) is 2.41. The minimum atomic E-state index is -0.0790. The molecule has 0 saturated heterocycles. The molecule has 0 aliphatic carbocycles. The minimum absolute atomic E-state index is 0.0790. The molecule has 1 aromatic heterocycles. The number of thiophene rings is 1. The average molecular weight is 263 g/mol. The molecule has 18 heavy (non-hydrogen) atoms. The zero-order valence-corrected chi connectivity index (χ0v) is 10.5. The molecule has 1 unspecified atom stereocenters. The molecule has 4 nitrogen and oxygen atoms in total. The van der Waals surface area contributed by atoms with Gasteiger partial charge in [0.2, 0.25) is 0 Å². The van der Waals surface area contributed by atoms with Crippen LogP contribution in [0.1, 0.15) is 0 Å². The quantitative estimate of drug-likeness (QED) is 0.865. The third-order valence-corrected chi connectivity index (χ3v) is 3.33. The second-order valence-corrected chi connectivity index (χ2v) is 4.77. The summed E-state index contributed by atoms with van der Waals surface area (Å²) in [6, 6.07) is 7.30. The van der Waals surface area contributed by atoms with Crippen LogP contribution in [0.3, 0.4) is 0 Å². The number of nitrogens with two attached hydrogens (primary N) is 1. The van der Waals surface area contributed by atoms with Crippen LogP contribution in [-0.2, 0) is 0 Å². The maximum atomic E-state index is 5.75. The third-order valence-electron chi connectivity index (χ3n) is 2.63. The first-order chi connectivity index (χ1) is 8.81. The van der Waals surface area contributed by atoms with E-state index < -0.39 is 0 Å². The molecule has 2 N–H and O–H groups in total. The monoisotopic (exact) mass is 263 g/mol. The number of fused-ring (bicyclic) bond motifs is 1. The van der Waals surface area contributed by atoms with Gasteiger partial charge in [-0.15, -0.1) is 11.3 Å². The Balaban J connectivity index is 1.57. The number of rotatable bonds is 3. The Morgan fingerprint density at radius 3 is 2.83 bits per heavy atom. The molecule has 2 aromatic rings. The molecule has 5 heteroatoms. The Hall–Kier alpha value is -1.88. The average Bonchev–Trinajstić information content (AvgIpc) is 2.85. The number of nitrogen functional groups attached to an aromatic ring is 1. The lowest BCUT2D eigenvalue weighted by atomic mass is 10.3. The summed E-state index contributed by atoms with van der Waals surface area (Å²) >= 11 is 1.57. The van der Waals surface area contributed by atoms with E-state index in [0.29, 0.717) is 13.2 Å². The van der Waals surface area contributed by atoms with Gasteiger partial charge in [-0.05, 0) is 24.3 Å². The number of anilines is 1. The van der Waals surface area contributed by atoms with Crippen LogP contribution in [0.4, 0.5) is 5.69 Å². The van der Waals surface area contributed by atoms with E-state index in [1.807, 2.05) is 35.0 Å². The molecule has 0 fully saturated rings. The second kappa shape index (κ2) is 4.78. The number of hydrogen-bond acceptors (Lipinski definition) is 5. The van der Waals surface area contributed by atoms with E-state index in [9.17, 15) is 0 Å². The topological polar surface area (TPSA) is 53.7 Å². The van der Waals surface area contributed by atoms with E-state index in [-0.39, 0.29) is 6.10 Å². The first-order valence-electron chi connectivity index (χ1n) is 5.65. The van der Waals surface area contributed by atoms with Gasteiger partial charge < -0.3 is 19.9 Å². The van der Waals surface area contributed by atoms with Gasteiger partial charge in [0.25, 0.3) is 0 Å². The molecule has 1 aromatic carbocycles. The molecule has 3 rings (SSSR count). The van der Waals surface area contributed by atoms with Crippen LogP contribution in [0, 0.1) is 0 Å². The Labute approximate surface area is 109 Å². The van der Waals surface area contributed by atoms with Gasteiger partial charge >= 0.3 is 0 Å². The molecule has 0 amide bonds. The van der Waals surface area contributed by atoms with Gasteiger partial charge in [0, 0.05) is 16.4 Å². The van der Waals surface area contributed by atoms with Crippen LogP contribution in [-0.4, -0.2) is 19.3 Å². The van der Waals surface area contributed by atoms with Crippen molar-refractivity contribution >= 4 is 17.0 Å². The van der Waals surface area contributed by atoms with Gasteiger partial charge in [0.05, 0.1) is 0 Å². The molecule has 0 bridgehead atoms. The summed E-state index contributed by atoms with van der Waals surface area (Å²) in [7, 11) is 0. The highest BCUT2D eigenvalue weighted by Gasteiger charge is 2.22. The highest BCUT2D eigenvalue weighted by atomic mass is 32.1. The van der Waals surface area contributed by atoms with E-state index in [1.165, 1.54) is 0 Å². The van der Waals surface area contributed by atoms with Crippen molar-refractivity contribution in [1.29, 1.82) is 0 Å². The van der Waals surface area contributed by atoms with Gasteiger partial charge in [-0.3, -0.25) is 0 Å². The Bertz CT molecular complexity index is 523. The van der Waals surface area contributed by atoms with Gasteiger partial charge in [-0.25, -0.2) is 0 Å². The molecule has 0 radical (unpaired) electrons. The Morgan fingerprint density at radius 1 is 1.22 bits per heavy atom. The van der Waals surface area contributed by atoms with Crippen molar-refractivity contribution in [1.82, 2.24) is 0 Å². The van der Waals surface area contributed by atoms with Crippen LogP contribution in [0.2, 0.25) is 0 Å². The number of hydrogen-bond donors (Lipinski definition) is 1. The fourth-order valence-corrected chi connectivity index (χ4v) is 2.37. The standard InChI is InChI=1S/C13H13NO3S/c14-9-1-3-10(4-2-9)15-5-11-6-16-12-7-18-8-13(12)17-11/h1-4,7-8,11H,5-6,14H2. The smallest absolute Gasteiger partial charge is 0.172 e. The zero-order chi connectivity index (χ0) is 12.4. The second-order valence-electron chi connectivity index (χ2n) is 4.03. The van der Waals surface area contributed by atoms with Gasteiger partial charge in [0.1, 0.15) is 19.0 Å². The van der Waals surface area contributed by atoms with E-state index in [0.717, 1.165) is 22.9 Å².